The summed E-state index contributed by atoms with van der Waals surface area (Å²) in [5, 5.41) is 3.02. The molecule has 2 atom stereocenters. The highest BCUT2D eigenvalue weighted by Crippen LogP contribution is 2.54. The van der Waals surface area contributed by atoms with Gasteiger partial charge in [0.05, 0.1) is 6.10 Å². The maximum Gasteiger partial charge on any atom is 0.223 e. The van der Waals surface area contributed by atoms with E-state index in [1.54, 1.807) is 0 Å². The molecule has 2 unspecified atom stereocenters. The van der Waals surface area contributed by atoms with Gasteiger partial charge in [0.2, 0.25) is 5.91 Å². The highest BCUT2D eigenvalue weighted by Gasteiger charge is 2.47. The van der Waals surface area contributed by atoms with E-state index in [2.05, 4.69) is 5.32 Å². The molecule has 0 spiro atoms. The van der Waals surface area contributed by atoms with E-state index in [1.807, 2.05) is 13.8 Å². The molecular weight excluding hydrogens is 202 g/mol. The molecule has 3 nitrogen and oxygen atoms in total. The quantitative estimate of drug-likeness (QED) is 0.702. The van der Waals surface area contributed by atoms with Gasteiger partial charge in [0.1, 0.15) is 0 Å². The van der Waals surface area contributed by atoms with Crippen molar-refractivity contribution in [3.8, 4) is 0 Å². The molecule has 2 aliphatic rings. The minimum Gasteiger partial charge on any atom is -0.379 e. The number of carbonyl (C=O) groups excluding carboxylic acids is 1. The normalized spacial score (nSPS) is 31.6. The fourth-order valence-electron chi connectivity index (χ4n) is 2.68. The van der Waals surface area contributed by atoms with E-state index in [4.69, 9.17) is 4.74 Å². The number of nitrogens with one attached hydrogen (secondary N) is 1. The Kier molecular flexibility index (Phi) is 3.85. The molecule has 0 aromatic rings. The lowest BCUT2D eigenvalue weighted by molar-refractivity contribution is -0.125. The molecule has 0 saturated heterocycles. The Morgan fingerprint density at radius 2 is 2.00 bits per heavy atom. The number of ether oxygens (including phenoxy) is 1. The Bertz CT molecular complexity index is 242. The second-order valence-electron chi connectivity index (χ2n) is 5.49. The average Bonchev–Trinajstić information content (AvgIpc) is 2.84. The zero-order valence-corrected chi connectivity index (χ0v) is 10.4. The van der Waals surface area contributed by atoms with Gasteiger partial charge in [0, 0.05) is 19.1 Å². The van der Waals surface area contributed by atoms with Crippen LogP contribution in [0.25, 0.3) is 0 Å². The number of rotatable bonds is 6. The highest BCUT2D eigenvalue weighted by atomic mass is 16.5. The van der Waals surface area contributed by atoms with Crippen LogP contribution in [0.5, 0.6) is 0 Å². The summed E-state index contributed by atoms with van der Waals surface area (Å²) < 4.78 is 5.42. The lowest BCUT2D eigenvalue weighted by Crippen LogP contribution is -2.31. The monoisotopic (exact) mass is 225 g/mol. The second-order valence-corrected chi connectivity index (χ2v) is 5.49. The Morgan fingerprint density at radius 3 is 2.62 bits per heavy atom. The largest absolute Gasteiger partial charge is 0.379 e. The van der Waals surface area contributed by atoms with Gasteiger partial charge in [-0.25, -0.2) is 0 Å². The van der Waals surface area contributed by atoms with E-state index in [0.717, 1.165) is 44.2 Å². The van der Waals surface area contributed by atoms with Crippen LogP contribution in [0.1, 0.15) is 39.5 Å². The summed E-state index contributed by atoms with van der Waals surface area (Å²) in [6.07, 6.45) is 4.87. The summed E-state index contributed by atoms with van der Waals surface area (Å²) in [5.74, 6) is 2.37. The van der Waals surface area contributed by atoms with E-state index in [9.17, 15) is 4.79 Å². The first-order chi connectivity index (χ1) is 7.66. The van der Waals surface area contributed by atoms with Crippen molar-refractivity contribution in [3.05, 3.63) is 0 Å². The van der Waals surface area contributed by atoms with Crippen LogP contribution < -0.4 is 5.32 Å². The lowest BCUT2D eigenvalue weighted by Gasteiger charge is -2.12. The number of hydrogen-bond donors (Lipinski definition) is 1. The summed E-state index contributed by atoms with van der Waals surface area (Å²) in [4.78, 5) is 11.8. The van der Waals surface area contributed by atoms with Gasteiger partial charge in [-0.2, -0.15) is 0 Å². The van der Waals surface area contributed by atoms with Crippen molar-refractivity contribution in [3.63, 3.8) is 0 Å². The molecule has 0 heterocycles. The van der Waals surface area contributed by atoms with Crippen LogP contribution in [0, 0.1) is 17.8 Å². The molecule has 16 heavy (non-hydrogen) atoms. The molecule has 1 amide bonds. The third-order valence-corrected chi connectivity index (χ3v) is 3.69. The summed E-state index contributed by atoms with van der Waals surface area (Å²) >= 11 is 0. The standard InChI is InChI=1S/C13H23NO2/c1-9(2)16-5-3-4-14-13(15)12-7-10-6-11(10)8-12/h9-12H,3-8H2,1-2H3,(H,14,15). The number of hydrogen-bond acceptors (Lipinski definition) is 2. The summed E-state index contributed by atoms with van der Waals surface area (Å²) in [6, 6.07) is 0. The van der Waals surface area contributed by atoms with Crippen LogP contribution in [-0.4, -0.2) is 25.2 Å². The SMILES string of the molecule is CC(C)OCCCNC(=O)C1CC2CC2C1. The molecule has 3 heteroatoms. The molecule has 0 aliphatic heterocycles. The van der Waals surface area contributed by atoms with Gasteiger partial charge in [0.25, 0.3) is 0 Å². The van der Waals surface area contributed by atoms with Gasteiger partial charge in [0.15, 0.2) is 0 Å². The Labute approximate surface area is 97.9 Å². The van der Waals surface area contributed by atoms with E-state index in [-0.39, 0.29) is 12.0 Å². The van der Waals surface area contributed by atoms with Crippen molar-refractivity contribution in [2.75, 3.05) is 13.2 Å². The lowest BCUT2D eigenvalue weighted by atomic mass is 10.0. The summed E-state index contributed by atoms with van der Waals surface area (Å²) in [7, 11) is 0. The van der Waals surface area contributed by atoms with Crippen LogP contribution in [0.3, 0.4) is 0 Å². The van der Waals surface area contributed by atoms with E-state index in [1.165, 1.54) is 6.42 Å². The first-order valence-corrected chi connectivity index (χ1v) is 6.56. The van der Waals surface area contributed by atoms with Gasteiger partial charge in [-0.1, -0.05) is 0 Å². The van der Waals surface area contributed by atoms with Crippen molar-refractivity contribution in [1.29, 1.82) is 0 Å². The van der Waals surface area contributed by atoms with Gasteiger partial charge < -0.3 is 10.1 Å². The minimum absolute atomic E-state index is 0.275. The second kappa shape index (κ2) is 5.17. The van der Waals surface area contributed by atoms with Crippen molar-refractivity contribution >= 4 is 5.91 Å². The Morgan fingerprint density at radius 1 is 1.31 bits per heavy atom. The molecule has 2 fully saturated rings. The van der Waals surface area contributed by atoms with Crippen molar-refractivity contribution in [2.45, 2.75) is 45.6 Å². The minimum atomic E-state index is 0.275. The fraction of sp³-hybridized carbons (Fsp3) is 0.923. The summed E-state index contributed by atoms with van der Waals surface area (Å²) in [6.45, 7) is 5.57. The molecule has 2 aliphatic carbocycles. The number of carbonyl (C=O) groups is 1. The molecule has 0 aromatic carbocycles. The molecule has 0 bridgehead atoms. The van der Waals surface area contributed by atoms with Gasteiger partial charge in [-0.05, 0) is 51.4 Å². The van der Waals surface area contributed by atoms with Crippen LogP contribution in [0.15, 0.2) is 0 Å². The number of amides is 1. The van der Waals surface area contributed by atoms with Crippen molar-refractivity contribution < 1.29 is 9.53 Å². The maximum atomic E-state index is 11.8. The molecule has 0 radical (unpaired) electrons. The Balaban J connectivity index is 1.51. The molecule has 92 valence electrons. The highest BCUT2D eigenvalue weighted by molar-refractivity contribution is 5.79. The molecule has 2 saturated carbocycles. The van der Waals surface area contributed by atoms with Gasteiger partial charge in [-0.15, -0.1) is 0 Å². The van der Waals surface area contributed by atoms with Crippen molar-refractivity contribution in [2.24, 2.45) is 17.8 Å². The third kappa shape index (κ3) is 3.21. The topological polar surface area (TPSA) is 38.3 Å². The van der Waals surface area contributed by atoms with Gasteiger partial charge >= 0.3 is 0 Å². The fourth-order valence-corrected chi connectivity index (χ4v) is 2.68. The molecule has 2 rings (SSSR count). The third-order valence-electron chi connectivity index (χ3n) is 3.69. The predicted molar refractivity (Wildman–Crippen MR) is 63.0 cm³/mol. The zero-order chi connectivity index (χ0) is 11.5. The van der Waals surface area contributed by atoms with E-state index >= 15 is 0 Å². The molecule has 0 aromatic heterocycles. The van der Waals surface area contributed by atoms with Gasteiger partial charge in [-0.3, -0.25) is 4.79 Å². The number of fused-ring (bicyclic) bond motifs is 1. The smallest absolute Gasteiger partial charge is 0.223 e. The van der Waals surface area contributed by atoms with Crippen LogP contribution in [-0.2, 0) is 9.53 Å². The van der Waals surface area contributed by atoms with Crippen LogP contribution >= 0.6 is 0 Å². The first-order valence-electron chi connectivity index (χ1n) is 6.56. The maximum absolute atomic E-state index is 11.8. The first kappa shape index (κ1) is 11.9. The average molecular weight is 225 g/mol. The van der Waals surface area contributed by atoms with E-state index < -0.39 is 0 Å². The van der Waals surface area contributed by atoms with Crippen LogP contribution in [0.2, 0.25) is 0 Å². The van der Waals surface area contributed by atoms with E-state index in [0.29, 0.717) is 5.92 Å². The molecule has 1 N–H and O–H groups in total. The molecular formula is C13H23NO2. The van der Waals surface area contributed by atoms with Crippen molar-refractivity contribution in [1.82, 2.24) is 5.32 Å². The Hall–Kier alpha value is -0.570. The zero-order valence-electron chi connectivity index (χ0n) is 10.4. The van der Waals surface area contributed by atoms with Crippen LogP contribution in [0.4, 0.5) is 0 Å². The predicted octanol–water partition coefficient (Wildman–Crippen LogP) is 1.96. The summed E-state index contributed by atoms with van der Waals surface area (Å²) in [5.41, 5.74) is 0.